The molecule has 3 aromatic rings. The van der Waals surface area contributed by atoms with Gasteiger partial charge in [-0.2, -0.15) is 0 Å². The summed E-state index contributed by atoms with van der Waals surface area (Å²) < 4.78 is 0. The van der Waals surface area contributed by atoms with Crippen molar-refractivity contribution >= 4 is 117 Å². The van der Waals surface area contributed by atoms with Crippen LogP contribution in [0.15, 0.2) is 54.7 Å². The third kappa shape index (κ3) is 51.7. The number of unbranched alkanes of at least 4 members (excludes halogenated alkanes) is 16. The summed E-state index contributed by atoms with van der Waals surface area (Å²) in [5, 5.41) is 76.0. The summed E-state index contributed by atoms with van der Waals surface area (Å²) >= 11 is 0. The largest absolute Gasteiger partial charge is 0.508 e. The van der Waals surface area contributed by atoms with Crippen molar-refractivity contribution in [2.45, 2.75) is 352 Å². The molecule has 0 aliphatic carbocycles. The molecule has 804 valence electrons. The van der Waals surface area contributed by atoms with E-state index in [9.17, 15) is 102 Å². The van der Waals surface area contributed by atoms with Gasteiger partial charge in [0.05, 0.1) is 38.8 Å². The number of nitrogens with one attached hydrogen (secondary N) is 18. The van der Waals surface area contributed by atoms with E-state index in [0.717, 1.165) is 36.6 Å². The molecule has 143 heavy (non-hydrogen) atoms. The van der Waals surface area contributed by atoms with Gasteiger partial charge in [0, 0.05) is 42.9 Å². The summed E-state index contributed by atoms with van der Waals surface area (Å²) in [7, 11) is 1.52. The molecule has 0 aliphatic rings. The summed E-state index contributed by atoms with van der Waals surface area (Å²) in [4.78, 5) is 252. The highest BCUT2D eigenvalue weighted by Gasteiger charge is 2.39. The Labute approximate surface area is 840 Å². The lowest BCUT2D eigenvalue weighted by molar-refractivity contribution is -0.137. The van der Waals surface area contributed by atoms with Gasteiger partial charge >= 0.3 is 0 Å². The zero-order chi connectivity index (χ0) is 106. The number of nitrogens with two attached hydrogens (primary N) is 5. The smallest absolute Gasteiger partial charge is 0.245 e. The lowest BCUT2D eigenvalue weighted by Gasteiger charge is -2.28. The van der Waals surface area contributed by atoms with Crippen LogP contribution in [-0.2, 0) is 99.1 Å². The van der Waals surface area contributed by atoms with Crippen LogP contribution in [0.1, 0.15) is 266 Å². The zero-order valence-corrected chi connectivity index (χ0v) is 85.4. The summed E-state index contributed by atoms with van der Waals surface area (Å²) in [6.07, 6.45) is 17.9. The van der Waals surface area contributed by atoms with E-state index in [-0.39, 0.29) is 107 Å². The van der Waals surface area contributed by atoms with E-state index < -0.39 is 211 Å². The quantitative estimate of drug-likeness (QED) is 0.0316. The third-order valence-corrected chi connectivity index (χ3v) is 23.8. The Morgan fingerprint density at radius 3 is 1.22 bits per heavy atom. The number of rotatable bonds is 77. The number of benzene rings is 2. The molecule has 0 spiro atoms. The average Bonchev–Trinajstić information content (AvgIpc) is 1.67. The van der Waals surface area contributed by atoms with Crippen molar-refractivity contribution in [3.63, 3.8) is 0 Å². The number of carbonyl (C=O) groups excluding carboxylic acids is 18. The number of hydrogen-bond donors (Lipinski definition) is 26. The van der Waals surface area contributed by atoms with Crippen molar-refractivity contribution in [3.8, 4) is 5.75 Å². The van der Waals surface area contributed by atoms with Crippen molar-refractivity contribution in [3.05, 3.63) is 65.9 Å². The molecule has 0 saturated carbocycles. The van der Waals surface area contributed by atoms with E-state index in [1.807, 2.05) is 12.1 Å². The fourth-order valence-electron chi connectivity index (χ4n) is 15.9. The fraction of sp³-hybridized carbons (Fsp3) is 0.677. The van der Waals surface area contributed by atoms with E-state index in [0.29, 0.717) is 82.0 Å². The fourth-order valence-corrected chi connectivity index (χ4v) is 15.9. The Morgan fingerprint density at radius 2 is 0.748 bits per heavy atom. The molecule has 0 aliphatic heterocycles. The van der Waals surface area contributed by atoms with Gasteiger partial charge in [-0.25, -0.2) is 0 Å². The molecule has 14 atom stereocenters. The summed E-state index contributed by atoms with van der Waals surface area (Å²) in [6, 6.07) is -6.33. The molecule has 0 radical (unpaired) electrons. The first-order valence-electron chi connectivity index (χ1n) is 50.8. The highest BCUT2D eigenvalue weighted by atomic mass is 16.3. The first-order valence-corrected chi connectivity index (χ1v) is 50.8. The number of likely N-dealkylation sites (N-methyl/N-ethyl adjacent to an activating group) is 1. The molecular weight excluding hydrogens is 1850 g/mol. The number of phenolic OH excluding ortho intramolecular Hbond substituents is 1. The number of H-pyrrole nitrogens is 1. The number of aromatic amines is 1. The Balaban J connectivity index is 1.76. The second kappa shape index (κ2) is 70.6. The van der Waals surface area contributed by atoms with E-state index in [1.165, 1.54) is 103 Å². The summed E-state index contributed by atoms with van der Waals surface area (Å²) in [6.45, 7) is 13.2. The summed E-state index contributed by atoms with van der Waals surface area (Å²) in [5.41, 5.74) is 30.5. The van der Waals surface area contributed by atoms with Crippen LogP contribution in [0.5, 0.6) is 5.75 Å². The number of aliphatic hydroxyl groups excluding tert-OH is 2. The van der Waals surface area contributed by atoms with Gasteiger partial charge in [0.2, 0.25) is 106 Å². The van der Waals surface area contributed by atoms with E-state index in [2.05, 4.69) is 102 Å². The van der Waals surface area contributed by atoms with Crippen LogP contribution in [0.2, 0.25) is 0 Å². The number of amides is 18. The molecule has 44 heteroatoms. The number of carbonyl (C=O) groups is 18. The van der Waals surface area contributed by atoms with Crippen molar-refractivity contribution in [1.29, 1.82) is 0 Å². The van der Waals surface area contributed by atoms with E-state index in [1.54, 1.807) is 59.9 Å². The predicted molar refractivity (Wildman–Crippen MR) is 541 cm³/mol. The molecule has 0 bridgehead atoms. The van der Waals surface area contributed by atoms with Crippen LogP contribution in [0, 0.1) is 17.8 Å². The molecule has 3 rings (SSSR count). The molecule has 2 aromatic carbocycles. The van der Waals surface area contributed by atoms with Crippen molar-refractivity contribution in [2.24, 2.45) is 46.4 Å². The summed E-state index contributed by atoms with van der Waals surface area (Å²) in [5.74, 6) is -16.9. The molecular formula is C99H167N23O21. The molecule has 44 nitrogen and oxygen atoms in total. The molecule has 1 heterocycles. The van der Waals surface area contributed by atoms with Crippen LogP contribution in [0.25, 0.3) is 10.9 Å². The minimum Gasteiger partial charge on any atom is -0.508 e. The highest BCUT2D eigenvalue weighted by Crippen LogP contribution is 2.22. The lowest BCUT2D eigenvalue weighted by Crippen LogP contribution is -2.62. The van der Waals surface area contributed by atoms with Crippen LogP contribution < -0.4 is 119 Å². The van der Waals surface area contributed by atoms with Crippen LogP contribution in [0.4, 0.5) is 0 Å². The number of aromatic hydroxyl groups is 1. The maximum absolute atomic E-state index is 14.6. The normalized spacial score (nSPS) is 14.3. The topological polar surface area (TPSA) is 718 Å². The van der Waals surface area contributed by atoms with E-state index >= 15 is 0 Å². The van der Waals surface area contributed by atoms with E-state index in [4.69, 9.17) is 28.7 Å². The van der Waals surface area contributed by atoms with Gasteiger partial charge in [-0.15, -0.1) is 0 Å². The predicted octanol–water partition coefficient (Wildman–Crippen LogP) is -0.540. The van der Waals surface area contributed by atoms with Crippen LogP contribution >= 0.6 is 0 Å². The van der Waals surface area contributed by atoms with Crippen LogP contribution in [0.3, 0.4) is 0 Å². The Hall–Kier alpha value is -12.0. The first-order chi connectivity index (χ1) is 68.1. The van der Waals surface area contributed by atoms with Crippen molar-refractivity contribution in [1.82, 2.24) is 95.4 Å². The van der Waals surface area contributed by atoms with Gasteiger partial charge < -0.3 is 139 Å². The second-order valence-corrected chi connectivity index (χ2v) is 38.0. The third-order valence-electron chi connectivity index (χ3n) is 23.8. The van der Waals surface area contributed by atoms with Gasteiger partial charge in [-0.05, 0) is 190 Å². The molecule has 0 unspecified atom stereocenters. The molecule has 18 amide bonds. The zero-order valence-electron chi connectivity index (χ0n) is 85.4. The standard InChI is InChI=1S/C99H167N23O21/c1-11-12-13-14-15-16-17-18-19-20-21-22-23-40-82(127)106-48-33-29-39-73(91(135)114-70(87(104)131)36-26-30-45-100)116-92(136)72(38-28-32-47-102)115-90(134)71(37-27-31-46-101)111-84(129)58-109-89(133)74(49-60(2)3)117-93(137)75(50-61(4)5)118-95(139)77(52-65-41-43-67(125)44-42-65)112-85(130)57-108-88(132)63(8)110-98(142)80(59-123)121-96(140)79(54-81(103)126)119-94(138)76(51-62(6)7)120-99(143)86(64(9)124)122-97(141)78(113-83(128)56-105-10)53-66-55-107-69-35-25-24-34-68(66)69/h24-25,34-35,41-44,55,60-64,70-80,86,105,107,123-125H,11-23,26-33,36-40,45-54,56-59,100-102H2,1-10H3,(H2,103,126)(H2,104,131)(H,106,127)(H,108,132)(H,109,133)(H,110,142)(H,111,129)(H,112,130)(H,113,128)(H,114,135)(H,115,134)(H,116,136)(H,117,137)(H,118,139)(H,119,138)(H,120,143)(H,121,140)(H,122,141)/t63-,64+,70-,71-,72-,73-,74-,75-,76-,77-,78-,79-,80-,86-/m0/s1. The number of aliphatic hydroxyl groups is 2. The van der Waals surface area contributed by atoms with Crippen LogP contribution in [-0.4, -0.2) is 271 Å². The van der Waals surface area contributed by atoms with Crippen molar-refractivity contribution in [2.75, 3.05) is 59.5 Å². The Bertz CT molecular complexity index is 4460. The first kappa shape index (κ1) is 125. The van der Waals surface area contributed by atoms with Crippen molar-refractivity contribution < 1.29 is 102 Å². The Morgan fingerprint density at radius 1 is 0.364 bits per heavy atom. The monoisotopic (exact) mass is 2010 g/mol. The minimum absolute atomic E-state index is 0.00281. The van der Waals surface area contributed by atoms with Gasteiger partial charge in [0.25, 0.3) is 0 Å². The molecule has 31 N–H and O–H groups in total. The molecule has 0 fully saturated rings. The number of para-hydroxylation sites is 1. The van der Waals surface area contributed by atoms with Gasteiger partial charge in [0.1, 0.15) is 84.3 Å². The number of phenols is 1. The molecule has 1 aromatic heterocycles. The maximum Gasteiger partial charge on any atom is 0.245 e. The minimum atomic E-state index is -1.89. The molecule has 0 saturated heterocycles. The maximum atomic E-state index is 14.6. The highest BCUT2D eigenvalue weighted by molar-refractivity contribution is 6.01. The average molecular weight is 2020 g/mol. The number of primary amides is 2. The van der Waals surface area contributed by atoms with Gasteiger partial charge in [-0.1, -0.05) is 156 Å². The van der Waals surface area contributed by atoms with Gasteiger partial charge in [-0.3, -0.25) is 86.3 Å². The van der Waals surface area contributed by atoms with Gasteiger partial charge in [0.15, 0.2) is 0 Å². The number of aromatic nitrogens is 1. The Kier molecular flexibility index (Phi) is 61.8. The number of hydrogen-bond acceptors (Lipinski definition) is 25. The SMILES string of the molecule is CCCCCCCCCCCCCCCC(=O)NCCCC[C@H](NC(=O)[C@H](CCCCN)NC(=O)[C@H](CCCCN)NC(=O)CNC(=O)[C@H](CC(C)C)NC(=O)[C@H](CC(C)C)NC(=O)[C@H](Cc1ccc(O)cc1)NC(=O)CNC(=O)[C@H](C)NC(=O)[C@H](CO)NC(=O)[C@H](CC(N)=O)NC(=O)[C@H](CC(C)C)NC(=O)[C@@H](NC(=O)[C@H](Cc1c[nH]c2ccccc12)NC(=O)CNC)[C@@H](C)O)C(=O)N[C@@H](CCCCN)C(N)=O. The number of fused-ring (bicyclic) bond motifs is 1. The second-order valence-electron chi connectivity index (χ2n) is 38.0. The lowest BCUT2D eigenvalue weighted by atomic mass is 9.99.